The third-order valence-electron chi connectivity index (χ3n) is 3.54. The van der Waals surface area contributed by atoms with Crippen LogP contribution in [0, 0.1) is 5.82 Å². The van der Waals surface area contributed by atoms with Gasteiger partial charge in [0.2, 0.25) is 0 Å². The maximum atomic E-state index is 13.7. The molecule has 0 unspecified atom stereocenters. The molecule has 0 amide bonds. The standard InChI is InChI=1S/C16H13FN2O2/c1-19-13-8-3-2-7-12(13)18-14(19)9-10-5-4-6-11(17)15(10)16(20)21/h2-8H,9H2,1H3,(H,20,21). The van der Waals surface area contributed by atoms with E-state index in [1.807, 2.05) is 35.9 Å². The van der Waals surface area contributed by atoms with Crippen molar-refractivity contribution in [2.45, 2.75) is 6.42 Å². The smallest absolute Gasteiger partial charge is 0.338 e. The van der Waals surface area contributed by atoms with E-state index in [1.165, 1.54) is 6.07 Å². The van der Waals surface area contributed by atoms with Gasteiger partial charge in [-0.15, -0.1) is 0 Å². The number of benzene rings is 2. The van der Waals surface area contributed by atoms with Gasteiger partial charge in [0.1, 0.15) is 11.6 Å². The molecule has 0 bridgehead atoms. The minimum absolute atomic E-state index is 0.268. The van der Waals surface area contributed by atoms with Crippen LogP contribution in [0.1, 0.15) is 21.7 Å². The molecule has 0 saturated heterocycles. The molecule has 1 N–H and O–H groups in total. The van der Waals surface area contributed by atoms with Crippen molar-refractivity contribution < 1.29 is 14.3 Å². The number of aromatic nitrogens is 2. The molecule has 1 heterocycles. The predicted octanol–water partition coefficient (Wildman–Crippen LogP) is 3.00. The lowest BCUT2D eigenvalue weighted by Gasteiger charge is -2.07. The molecular formula is C16H13FN2O2. The average Bonchev–Trinajstić information content (AvgIpc) is 2.76. The number of rotatable bonds is 3. The quantitative estimate of drug-likeness (QED) is 0.804. The lowest BCUT2D eigenvalue weighted by molar-refractivity contribution is 0.0690. The lowest BCUT2D eigenvalue weighted by Crippen LogP contribution is -2.08. The third-order valence-corrected chi connectivity index (χ3v) is 3.54. The highest BCUT2D eigenvalue weighted by molar-refractivity contribution is 5.89. The average molecular weight is 284 g/mol. The van der Waals surface area contributed by atoms with E-state index in [4.69, 9.17) is 5.11 Å². The normalized spacial score (nSPS) is 11.0. The Bertz CT molecular complexity index is 839. The first kappa shape index (κ1) is 13.3. The Hall–Kier alpha value is -2.69. The minimum atomic E-state index is -1.26. The van der Waals surface area contributed by atoms with E-state index < -0.39 is 11.8 Å². The summed E-state index contributed by atoms with van der Waals surface area (Å²) in [6.45, 7) is 0. The molecule has 0 radical (unpaired) electrons. The largest absolute Gasteiger partial charge is 0.478 e. The number of aromatic carboxylic acids is 1. The molecule has 4 nitrogen and oxygen atoms in total. The van der Waals surface area contributed by atoms with Gasteiger partial charge in [0, 0.05) is 13.5 Å². The summed E-state index contributed by atoms with van der Waals surface area (Å²) in [6, 6.07) is 11.9. The molecule has 5 heteroatoms. The summed E-state index contributed by atoms with van der Waals surface area (Å²) in [7, 11) is 1.87. The van der Waals surface area contributed by atoms with E-state index in [1.54, 1.807) is 6.07 Å². The Morgan fingerprint density at radius 3 is 2.71 bits per heavy atom. The van der Waals surface area contributed by atoms with Crippen LogP contribution in [0.25, 0.3) is 11.0 Å². The van der Waals surface area contributed by atoms with E-state index in [0.717, 1.165) is 17.1 Å². The van der Waals surface area contributed by atoms with Crippen LogP contribution in [0.3, 0.4) is 0 Å². The van der Waals surface area contributed by atoms with Gasteiger partial charge < -0.3 is 9.67 Å². The summed E-state index contributed by atoms with van der Waals surface area (Å²) in [5.41, 5.74) is 1.93. The summed E-state index contributed by atoms with van der Waals surface area (Å²) in [5, 5.41) is 9.17. The van der Waals surface area contributed by atoms with Gasteiger partial charge >= 0.3 is 5.97 Å². The zero-order valence-electron chi connectivity index (χ0n) is 11.4. The van der Waals surface area contributed by atoms with Crippen LogP contribution in [-0.4, -0.2) is 20.6 Å². The first-order valence-corrected chi connectivity index (χ1v) is 6.49. The molecule has 0 aliphatic heterocycles. The highest BCUT2D eigenvalue weighted by Crippen LogP contribution is 2.20. The summed E-state index contributed by atoms with van der Waals surface area (Å²) in [4.78, 5) is 15.7. The van der Waals surface area contributed by atoms with Gasteiger partial charge in [-0.1, -0.05) is 24.3 Å². The van der Waals surface area contributed by atoms with E-state index in [9.17, 15) is 9.18 Å². The highest BCUT2D eigenvalue weighted by atomic mass is 19.1. The first-order valence-electron chi connectivity index (χ1n) is 6.49. The molecular weight excluding hydrogens is 271 g/mol. The second kappa shape index (κ2) is 5.01. The summed E-state index contributed by atoms with van der Waals surface area (Å²) in [5.74, 6) is -1.29. The first-order chi connectivity index (χ1) is 10.1. The number of carboxylic acid groups (broad SMARTS) is 1. The maximum absolute atomic E-state index is 13.7. The summed E-state index contributed by atoms with van der Waals surface area (Å²) >= 11 is 0. The number of aryl methyl sites for hydroxylation is 1. The molecule has 2 aromatic carbocycles. The number of carbonyl (C=O) groups is 1. The van der Waals surface area contributed by atoms with Crippen molar-refractivity contribution >= 4 is 17.0 Å². The van der Waals surface area contributed by atoms with Crippen molar-refractivity contribution in [3.63, 3.8) is 0 Å². The fourth-order valence-corrected chi connectivity index (χ4v) is 2.48. The van der Waals surface area contributed by atoms with Gasteiger partial charge in [-0.05, 0) is 23.8 Å². The van der Waals surface area contributed by atoms with Crippen molar-refractivity contribution in [1.29, 1.82) is 0 Å². The van der Waals surface area contributed by atoms with Gasteiger partial charge in [0.15, 0.2) is 0 Å². The SMILES string of the molecule is Cn1c(Cc2cccc(F)c2C(=O)O)nc2ccccc21. The van der Waals surface area contributed by atoms with Gasteiger partial charge in [0.25, 0.3) is 0 Å². The molecule has 0 fully saturated rings. The molecule has 0 saturated carbocycles. The molecule has 0 atom stereocenters. The van der Waals surface area contributed by atoms with Crippen LogP contribution in [0.5, 0.6) is 0 Å². The van der Waals surface area contributed by atoms with Crippen LogP contribution in [0.2, 0.25) is 0 Å². The van der Waals surface area contributed by atoms with Gasteiger partial charge in [-0.3, -0.25) is 0 Å². The van der Waals surface area contributed by atoms with E-state index in [-0.39, 0.29) is 12.0 Å². The monoisotopic (exact) mass is 284 g/mol. The molecule has 3 aromatic rings. The molecule has 106 valence electrons. The Kier molecular flexibility index (Phi) is 3.17. The predicted molar refractivity (Wildman–Crippen MR) is 76.9 cm³/mol. The molecule has 0 spiro atoms. The Morgan fingerprint density at radius 1 is 1.24 bits per heavy atom. The van der Waals surface area contributed by atoms with Crippen LogP contribution >= 0.6 is 0 Å². The van der Waals surface area contributed by atoms with Crippen LogP contribution in [-0.2, 0) is 13.5 Å². The topological polar surface area (TPSA) is 55.1 Å². The maximum Gasteiger partial charge on any atom is 0.338 e. The van der Waals surface area contributed by atoms with Crippen molar-refractivity contribution in [3.05, 3.63) is 65.2 Å². The van der Waals surface area contributed by atoms with Crippen LogP contribution in [0.4, 0.5) is 4.39 Å². The molecule has 0 aliphatic carbocycles. The van der Waals surface area contributed by atoms with E-state index >= 15 is 0 Å². The van der Waals surface area contributed by atoms with Crippen molar-refractivity contribution in [2.75, 3.05) is 0 Å². The molecule has 0 aliphatic rings. The number of carboxylic acids is 1. The second-order valence-electron chi connectivity index (χ2n) is 4.83. The van der Waals surface area contributed by atoms with Crippen LogP contribution in [0.15, 0.2) is 42.5 Å². The van der Waals surface area contributed by atoms with Gasteiger partial charge in [-0.25, -0.2) is 14.2 Å². The molecule has 21 heavy (non-hydrogen) atoms. The van der Waals surface area contributed by atoms with Gasteiger partial charge in [0.05, 0.1) is 16.6 Å². The second-order valence-corrected chi connectivity index (χ2v) is 4.83. The number of halogens is 1. The zero-order chi connectivity index (χ0) is 15.0. The number of imidazole rings is 1. The number of hydrogen-bond acceptors (Lipinski definition) is 2. The third kappa shape index (κ3) is 2.27. The molecule has 3 rings (SSSR count). The fourth-order valence-electron chi connectivity index (χ4n) is 2.48. The van der Waals surface area contributed by atoms with Crippen LogP contribution < -0.4 is 0 Å². The Labute approximate surface area is 120 Å². The number of fused-ring (bicyclic) bond motifs is 1. The number of hydrogen-bond donors (Lipinski definition) is 1. The fraction of sp³-hybridized carbons (Fsp3) is 0.125. The highest BCUT2D eigenvalue weighted by Gasteiger charge is 2.17. The molecule has 1 aromatic heterocycles. The Balaban J connectivity index is 2.09. The van der Waals surface area contributed by atoms with Crippen molar-refractivity contribution in [2.24, 2.45) is 7.05 Å². The van der Waals surface area contributed by atoms with E-state index in [2.05, 4.69) is 4.98 Å². The summed E-state index contributed by atoms with van der Waals surface area (Å²) in [6.07, 6.45) is 0.268. The zero-order valence-corrected chi connectivity index (χ0v) is 11.4. The lowest BCUT2D eigenvalue weighted by atomic mass is 10.0. The summed E-state index contributed by atoms with van der Waals surface area (Å²) < 4.78 is 15.6. The van der Waals surface area contributed by atoms with Crippen molar-refractivity contribution in [1.82, 2.24) is 9.55 Å². The van der Waals surface area contributed by atoms with E-state index in [0.29, 0.717) is 11.4 Å². The minimum Gasteiger partial charge on any atom is -0.478 e. The van der Waals surface area contributed by atoms with Gasteiger partial charge in [-0.2, -0.15) is 0 Å². The number of nitrogens with zero attached hydrogens (tertiary/aromatic N) is 2. The van der Waals surface area contributed by atoms with Crippen molar-refractivity contribution in [3.8, 4) is 0 Å². The number of para-hydroxylation sites is 2. The Morgan fingerprint density at radius 2 is 2.00 bits per heavy atom.